The van der Waals surface area contributed by atoms with Gasteiger partial charge in [-0.15, -0.1) is 0 Å². The number of aliphatic carboxylic acids is 1. The van der Waals surface area contributed by atoms with E-state index >= 15 is 0 Å². The van der Waals surface area contributed by atoms with Crippen LogP contribution in [0.3, 0.4) is 0 Å². The van der Waals surface area contributed by atoms with Gasteiger partial charge in [0.1, 0.15) is 0 Å². The maximum atomic E-state index is 11.5. The average Bonchev–Trinajstić information content (AvgIpc) is 2.60. The van der Waals surface area contributed by atoms with E-state index in [4.69, 9.17) is 5.11 Å². The first-order chi connectivity index (χ1) is 7.91. The molecule has 0 aromatic heterocycles. The molecule has 0 saturated carbocycles. The van der Waals surface area contributed by atoms with Crippen LogP contribution in [0.1, 0.15) is 19.3 Å². The summed E-state index contributed by atoms with van der Waals surface area (Å²) in [5, 5.41) is 8.80. The van der Waals surface area contributed by atoms with Crippen LogP contribution in [-0.2, 0) is 14.4 Å². The van der Waals surface area contributed by atoms with Crippen molar-refractivity contribution in [2.24, 2.45) is 5.92 Å². The van der Waals surface area contributed by atoms with Gasteiger partial charge in [-0.25, -0.2) is 0 Å². The summed E-state index contributed by atoms with van der Waals surface area (Å²) in [7, 11) is 3.37. The van der Waals surface area contributed by atoms with Crippen molar-refractivity contribution in [2.75, 3.05) is 27.2 Å². The Morgan fingerprint density at radius 3 is 2.59 bits per heavy atom. The predicted molar refractivity (Wildman–Crippen MR) is 60.3 cm³/mol. The zero-order valence-electron chi connectivity index (χ0n) is 10.2. The van der Waals surface area contributed by atoms with Crippen LogP contribution in [0, 0.1) is 5.92 Å². The second kappa shape index (κ2) is 5.65. The molecule has 1 heterocycles. The van der Waals surface area contributed by atoms with Crippen LogP contribution in [-0.4, -0.2) is 59.9 Å². The fourth-order valence-corrected chi connectivity index (χ4v) is 1.80. The van der Waals surface area contributed by atoms with E-state index in [1.807, 2.05) is 0 Å². The van der Waals surface area contributed by atoms with E-state index in [2.05, 4.69) is 0 Å². The minimum Gasteiger partial charge on any atom is -0.481 e. The van der Waals surface area contributed by atoms with Gasteiger partial charge in [-0.3, -0.25) is 14.4 Å². The molecule has 0 aromatic rings. The van der Waals surface area contributed by atoms with Gasteiger partial charge < -0.3 is 14.9 Å². The Kier molecular flexibility index (Phi) is 4.48. The highest BCUT2D eigenvalue weighted by atomic mass is 16.4. The standard InChI is InChI=1S/C11H18N2O4/c1-12(2)9(14)4-3-5-13-7-8(11(16)17)6-10(13)15/h8H,3-7H2,1-2H3,(H,16,17). The smallest absolute Gasteiger partial charge is 0.308 e. The topological polar surface area (TPSA) is 77.9 Å². The van der Waals surface area contributed by atoms with Crippen LogP contribution in [0.25, 0.3) is 0 Å². The van der Waals surface area contributed by atoms with Crippen LogP contribution in [0.2, 0.25) is 0 Å². The SMILES string of the molecule is CN(C)C(=O)CCCN1CC(C(=O)O)CC1=O. The van der Waals surface area contributed by atoms with Gasteiger partial charge in [-0.05, 0) is 6.42 Å². The second-order valence-corrected chi connectivity index (χ2v) is 4.47. The first kappa shape index (κ1) is 13.5. The molecule has 1 fully saturated rings. The van der Waals surface area contributed by atoms with Gasteiger partial charge in [-0.2, -0.15) is 0 Å². The Bertz CT molecular complexity index is 327. The predicted octanol–water partition coefficient (Wildman–Crippen LogP) is -0.212. The lowest BCUT2D eigenvalue weighted by molar-refractivity contribution is -0.141. The normalized spacial score (nSPS) is 19.5. The minimum atomic E-state index is -0.926. The first-order valence-electron chi connectivity index (χ1n) is 5.62. The molecular weight excluding hydrogens is 224 g/mol. The molecule has 2 amide bonds. The molecule has 6 heteroatoms. The highest BCUT2D eigenvalue weighted by Gasteiger charge is 2.33. The summed E-state index contributed by atoms with van der Waals surface area (Å²) in [6, 6.07) is 0. The Morgan fingerprint density at radius 2 is 2.12 bits per heavy atom. The van der Waals surface area contributed by atoms with Crippen LogP contribution >= 0.6 is 0 Å². The van der Waals surface area contributed by atoms with Gasteiger partial charge in [0.05, 0.1) is 5.92 Å². The Hall–Kier alpha value is -1.59. The monoisotopic (exact) mass is 242 g/mol. The summed E-state index contributed by atoms with van der Waals surface area (Å²) < 4.78 is 0. The largest absolute Gasteiger partial charge is 0.481 e. The molecule has 1 rings (SSSR count). The number of hydrogen-bond donors (Lipinski definition) is 1. The minimum absolute atomic E-state index is 0.0198. The van der Waals surface area contributed by atoms with Crippen molar-refractivity contribution in [2.45, 2.75) is 19.3 Å². The maximum absolute atomic E-state index is 11.5. The van der Waals surface area contributed by atoms with E-state index in [1.54, 1.807) is 14.1 Å². The van der Waals surface area contributed by atoms with Crippen LogP contribution in [0.4, 0.5) is 0 Å². The lowest BCUT2D eigenvalue weighted by Crippen LogP contribution is -2.29. The molecule has 0 spiro atoms. The van der Waals surface area contributed by atoms with E-state index in [0.717, 1.165) is 0 Å². The first-order valence-corrected chi connectivity index (χ1v) is 5.62. The fraction of sp³-hybridized carbons (Fsp3) is 0.727. The van der Waals surface area contributed by atoms with E-state index in [0.29, 0.717) is 19.4 Å². The van der Waals surface area contributed by atoms with Crippen LogP contribution < -0.4 is 0 Å². The van der Waals surface area contributed by atoms with Gasteiger partial charge in [0.2, 0.25) is 11.8 Å². The zero-order chi connectivity index (χ0) is 13.0. The summed E-state index contributed by atoms with van der Waals surface area (Å²) in [5.41, 5.74) is 0. The van der Waals surface area contributed by atoms with Crippen molar-refractivity contribution in [3.8, 4) is 0 Å². The number of likely N-dealkylation sites (tertiary alicyclic amines) is 1. The molecule has 1 atom stereocenters. The van der Waals surface area contributed by atoms with Crippen molar-refractivity contribution in [1.29, 1.82) is 0 Å². The molecule has 0 radical (unpaired) electrons. The molecule has 1 aliphatic rings. The van der Waals surface area contributed by atoms with E-state index in [9.17, 15) is 14.4 Å². The van der Waals surface area contributed by atoms with Crippen LogP contribution in [0.15, 0.2) is 0 Å². The highest BCUT2D eigenvalue weighted by molar-refractivity contribution is 5.86. The number of nitrogens with zero attached hydrogens (tertiary/aromatic N) is 2. The molecular formula is C11H18N2O4. The van der Waals surface area contributed by atoms with Gasteiger partial charge in [-0.1, -0.05) is 0 Å². The molecule has 0 bridgehead atoms. The molecule has 0 aromatic carbocycles. The van der Waals surface area contributed by atoms with E-state index < -0.39 is 11.9 Å². The van der Waals surface area contributed by atoms with E-state index in [1.165, 1.54) is 9.80 Å². The number of rotatable bonds is 5. The molecule has 1 saturated heterocycles. The van der Waals surface area contributed by atoms with Crippen molar-refractivity contribution in [3.05, 3.63) is 0 Å². The van der Waals surface area contributed by atoms with Crippen molar-refractivity contribution < 1.29 is 19.5 Å². The van der Waals surface area contributed by atoms with Gasteiger partial charge in [0, 0.05) is 40.0 Å². The molecule has 96 valence electrons. The third-order valence-electron chi connectivity index (χ3n) is 2.88. The quantitative estimate of drug-likeness (QED) is 0.723. The number of carbonyl (C=O) groups is 3. The summed E-state index contributed by atoms with van der Waals surface area (Å²) in [6.07, 6.45) is 1.04. The summed E-state index contributed by atoms with van der Waals surface area (Å²) in [4.78, 5) is 36.5. The summed E-state index contributed by atoms with van der Waals surface area (Å²) in [5.74, 6) is -1.63. The summed E-state index contributed by atoms with van der Waals surface area (Å²) >= 11 is 0. The molecule has 0 aliphatic carbocycles. The van der Waals surface area contributed by atoms with Crippen molar-refractivity contribution in [3.63, 3.8) is 0 Å². The number of carbonyl (C=O) groups excluding carboxylic acids is 2. The highest BCUT2D eigenvalue weighted by Crippen LogP contribution is 2.18. The van der Waals surface area contributed by atoms with Gasteiger partial charge >= 0.3 is 5.97 Å². The molecule has 17 heavy (non-hydrogen) atoms. The van der Waals surface area contributed by atoms with Gasteiger partial charge in [0.25, 0.3) is 0 Å². The fourth-order valence-electron chi connectivity index (χ4n) is 1.80. The lowest BCUT2D eigenvalue weighted by Gasteiger charge is -2.16. The zero-order valence-corrected chi connectivity index (χ0v) is 10.2. The number of carboxylic acid groups (broad SMARTS) is 1. The third kappa shape index (κ3) is 3.72. The molecule has 1 N–H and O–H groups in total. The third-order valence-corrected chi connectivity index (χ3v) is 2.88. The lowest BCUT2D eigenvalue weighted by atomic mass is 10.1. The average molecular weight is 242 g/mol. The molecule has 1 unspecified atom stereocenters. The van der Waals surface area contributed by atoms with Gasteiger partial charge in [0.15, 0.2) is 0 Å². The maximum Gasteiger partial charge on any atom is 0.308 e. The van der Waals surface area contributed by atoms with Crippen LogP contribution in [0.5, 0.6) is 0 Å². The Balaban J connectivity index is 2.31. The van der Waals surface area contributed by atoms with Crippen molar-refractivity contribution >= 4 is 17.8 Å². The van der Waals surface area contributed by atoms with Crippen molar-refractivity contribution in [1.82, 2.24) is 9.80 Å². The summed E-state index contributed by atoms with van der Waals surface area (Å²) in [6.45, 7) is 0.729. The number of amides is 2. The Morgan fingerprint density at radius 1 is 1.47 bits per heavy atom. The Labute approximate surface area is 100 Å². The second-order valence-electron chi connectivity index (χ2n) is 4.47. The number of carboxylic acids is 1. The molecule has 1 aliphatic heterocycles. The number of hydrogen-bond acceptors (Lipinski definition) is 3. The molecule has 6 nitrogen and oxygen atoms in total. The van der Waals surface area contributed by atoms with E-state index in [-0.39, 0.29) is 24.8 Å².